The van der Waals surface area contributed by atoms with Crippen molar-refractivity contribution < 1.29 is 42.5 Å². The number of benzene rings is 1. The number of halogens is 3. The van der Waals surface area contributed by atoms with Gasteiger partial charge in [0.25, 0.3) is 5.91 Å². The number of carboxylic acids is 2. The molecule has 9 nitrogen and oxygen atoms in total. The zero-order valence-corrected chi connectivity index (χ0v) is 19.6. The Balaban J connectivity index is 0.000000493. The van der Waals surface area contributed by atoms with E-state index in [4.69, 9.17) is 14.9 Å². The van der Waals surface area contributed by atoms with E-state index in [1.807, 2.05) is 19.0 Å². The summed E-state index contributed by atoms with van der Waals surface area (Å²) in [7, 11) is 3.88. The van der Waals surface area contributed by atoms with Crippen LogP contribution in [0.4, 0.5) is 13.2 Å². The number of hydrogen-bond acceptors (Lipinski definition) is 6. The lowest BCUT2D eigenvalue weighted by atomic mass is 10.1. The first-order valence-corrected chi connectivity index (χ1v) is 10.7. The van der Waals surface area contributed by atoms with Gasteiger partial charge < -0.3 is 24.7 Å². The average molecular weight is 509 g/mol. The fourth-order valence-electron chi connectivity index (χ4n) is 3.24. The molecule has 1 atom stereocenters. The minimum absolute atomic E-state index is 0.0684. The fourth-order valence-corrected chi connectivity index (χ4v) is 3.24. The molecule has 0 spiro atoms. The Labute approximate surface area is 205 Å². The van der Waals surface area contributed by atoms with Gasteiger partial charge in [-0.2, -0.15) is 13.2 Å². The number of alkyl halides is 3. The van der Waals surface area contributed by atoms with E-state index in [1.54, 1.807) is 24.4 Å². The van der Waals surface area contributed by atoms with Crippen molar-refractivity contribution in [2.24, 2.45) is 0 Å². The molecule has 0 aliphatic carbocycles. The highest BCUT2D eigenvalue weighted by Crippen LogP contribution is 2.30. The van der Waals surface area contributed by atoms with Crippen molar-refractivity contribution in [3.63, 3.8) is 0 Å². The lowest BCUT2D eigenvalue weighted by Crippen LogP contribution is -2.38. The van der Waals surface area contributed by atoms with Crippen LogP contribution in [0.15, 0.2) is 54.7 Å². The van der Waals surface area contributed by atoms with Crippen molar-refractivity contribution in [1.29, 1.82) is 0 Å². The SMILES string of the molecule is CN(C)CCC1CN(Cc2cccc(C(F)(F)F)c2)C(=O)c2cccnc2O1.O=C(O)/C=C/C(=O)O. The molecule has 2 aromatic rings. The van der Waals surface area contributed by atoms with Crippen molar-refractivity contribution in [2.45, 2.75) is 25.2 Å². The summed E-state index contributed by atoms with van der Waals surface area (Å²) in [5, 5.41) is 15.6. The first-order chi connectivity index (χ1) is 16.9. The fraction of sp³-hybridized carbons (Fsp3) is 0.333. The molecular weight excluding hydrogens is 483 g/mol. The van der Waals surface area contributed by atoms with Gasteiger partial charge in [0.05, 0.1) is 12.1 Å². The van der Waals surface area contributed by atoms with Crippen LogP contribution >= 0.6 is 0 Å². The maximum atomic E-state index is 13.0. The summed E-state index contributed by atoms with van der Waals surface area (Å²) in [6.45, 7) is 1.09. The third kappa shape index (κ3) is 9.02. The summed E-state index contributed by atoms with van der Waals surface area (Å²) in [5.74, 6) is -2.55. The molecule has 12 heteroatoms. The van der Waals surface area contributed by atoms with E-state index < -0.39 is 23.7 Å². The quantitative estimate of drug-likeness (QED) is 0.547. The molecule has 2 heterocycles. The lowest BCUT2D eigenvalue weighted by Gasteiger charge is -2.25. The third-order valence-electron chi connectivity index (χ3n) is 4.89. The van der Waals surface area contributed by atoms with E-state index in [1.165, 1.54) is 11.0 Å². The van der Waals surface area contributed by atoms with Crippen LogP contribution < -0.4 is 4.74 Å². The number of nitrogens with zero attached hydrogens (tertiary/aromatic N) is 3. The second-order valence-electron chi connectivity index (χ2n) is 8.08. The minimum atomic E-state index is -4.42. The summed E-state index contributed by atoms with van der Waals surface area (Å²) in [4.78, 5) is 39.8. The van der Waals surface area contributed by atoms with E-state index in [9.17, 15) is 27.6 Å². The summed E-state index contributed by atoms with van der Waals surface area (Å²) in [5.41, 5.74) is 0.0125. The monoisotopic (exact) mass is 509 g/mol. The van der Waals surface area contributed by atoms with Crippen LogP contribution in [0.1, 0.15) is 27.9 Å². The van der Waals surface area contributed by atoms with Crippen LogP contribution in [-0.4, -0.2) is 76.1 Å². The van der Waals surface area contributed by atoms with Gasteiger partial charge >= 0.3 is 18.1 Å². The maximum Gasteiger partial charge on any atom is 0.416 e. The van der Waals surface area contributed by atoms with Crippen LogP contribution in [-0.2, 0) is 22.3 Å². The summed E-state index contributed by atoms with van der Waals surface area (Å²) in [6.07, 6.45) is -1.39. The van der Waals surface area contributed by atoms with Crippen molar-refractivity contribution in [2.75, 3.05) is 27.2 Å². The van der Waals surface area contributed by atoms with Gasteiger partial charge in [-0.05, 0) is 50.3 Å². The van der Waals surface area contributed by atoms with E-state index in [0.717, 1.165) is 18.7 Å². The Kier molecular flexibility index (Phi) is 9.97. The van der Waals surface area contributed by atoms with E-state index in [2.05, 4.69) is 4.98 Å². The topological polar surface area (TPSA) is 120 Å². The molecule has 0 radical (unpaired) electrons. The molecule has 0 saturated carbocycles. The smallest absolute Gasteiger partial charge is 0.416 e. The van der Waals surface area contributed by atoms with E-state index >= 15 is 0 Å². The Morgan fingerprint density at radius 2 is 1.83 bits per heavy atom. The van der Waals surface area contributed by atoms with Crippen LogP contribution in [0.5, 0.6) is 5.88 Å². The summed E-state index contributed by atoms with van der Waals surface area (Å²) in [6, 6.07) is 8.32. The number of amides is 1. The Bertz CT molecular complexity index is 1090. The first kappa shape index (κ1) is 28.3. The molecule has 194 valence electrons. The number of carbonyl (C=O) groups excluding carboxylic acids is 1. The molecule has 1 amide bonds. The largest absolute Gasteiger partial charge is 0.478 e. The second-order valence-corrected chi connectivity index (χ2v) is 8.08. The van der Waals surface area contributed by atoms with Crippen molar-refractivity contribution >= 4 is 17.8 Å². The lowest BCUT2D eigenvalue weighted by molar-refractivity contribution is -0.137. The third-order valence-corrected chi connectivity index (χ3v) is 4.89. The molecule has 0 saturated heterocycles. The molecule has 3 rings (SSSR count). The minimum Gasteiger partial charge on any atom is -0.478 e. The molecule has 36 heavy (non-hydrogen) atoms. The molecule has 1 aliphatic heterocycles. The van der Waals surface area contributed by atoms with Crippen LogP contribution in [0, 0.1) is 0 Å². The average Bonchev–Trinajstić information content (AvgIpc) is 2.93. The molecule has 0 bridgehead atoms. The first-order valence-electron chi connectivity index (χ1n) is 10.7. The highest BCUT2D eigenvalue weighted by atomic mass is 19.4. The molecule has 1 unspecified atom stereocenters. The predicted molar refractivity (Wildman–Crippen MR) is 122 cm³/mol. The number of carbonyl (C=O) groups is 3. The van der Waals surface area contributed by atoms with Crippen molar-refractivity contribution in [3.8, 4) is 5.88 Å². The van der Waals surface area contributed by atoms with Gasteiger partial charge in [0, 0.05) is 31.4 Å². The number of carboxylic acid groups (broad SMARTS) is 2. The van der Waals surface area contributed by atoms with Crippen LogP contribution in [0.25, 0.3) is 0 Å². The number of rotatable bonds is 7. The zero-order chi connectivity index (χ0) is 26.9. The maximum absolute atomic E-state index is 13.0. The Hall–Kier alpha value is -3.93. The summed E-state index contributed by atoms with van der Waals surface area (Å²) < 4.78 is 45.0. The Morgan fingerprint density at radius 1 is 1.17 bits per heavy atom. The number of fused-ring (bicyclic) bond motifs is 1. The van der Waals surface area contributed by atoms with Crippen molar-refractivity contribution in [1.82, 2.24) is 14.8 Å². The normalized spacial score (nSPS) is 15.6. The van der Waals surface area contributed by atoms with Gasteiger partial charge in [-0.25, -0.2) is 14.6 Å². The Morgan fingerprint density at radius 3 is 2.42 bits per heavy atom. The summed E-state index contributed by atoms with van der Waals surface area (Å²) >= 11 is 0. The van der Waals surface area contributed by atoms with Gasteiger partial charge in [-0.3, -0.25) is 4.79 Å². The number of ether oxygens (including phenoxy) is 1. The number of hydrogen-bond donors (Lipinski definition) is 2. The van der Waals surface area contributed by atoms with Gasteiger partial charge in [-0.1, -0.05) is 12.1 Å². The van der Waals surface area contributed by atoms with Crippen LogP contribution in [0.2, 0.25) is 0 Å². The standard InChI is InChI=1S/C20H22F3N3O2.C4H4O4/c1-25(2)10-8-16-13-26(19(27)17-7-4-9-24-18(17)28-16)12-14-5-3-6-15(11-14)20(21,22)23;5-3(6)1-2-4(7)8/h3-7,9,11,16H,8,10,12-13H2,1-2H3;1-2H,(H,5,6)(H,7,8)/b;2-1+. The van der Waals surface area contributed by atoms with Gasteiger partial charge in [0.2, 0.25) is 5.88 Å². The van der Waals surface area contributed by atoms with Gasteiger partial charge in [-0.15, -0.1) is 0 Å². The second kappa shape index (κ2) is 12.7. The highest BCUT2D eigenvalue weighted by molar-refractivity contribution is 5.96. The number of aromatic nitrogens is 1. The molecule has 1 aromatic carbocycles. The number of aliphatic carboxylic acids is 2. The number of pyridine rings is 1. The molecule has 1 aliphatic rings. The van der Waals surface area contributed by atoms with Crippen LogP contribution in [0.3, 0.4) is 0 Å². The van der Waals surface area contributed by atoms with E-state index in [0.29, 0.717) is 29.7 Å². The van der Waals surface area contributed by atoms with Gasteiger partial charge in [0.15, 0.2) is 0 Å². The zero-order valence-electron chi connectivity index (χ0n) is 19.6. The molecule has 2 N–H and O–H groups in total. The predicted octanol–water partition coefficient (Wildman–Crippen LogP) is 3.17. The molecule has 1 aromatic heterocycles. The highest BCUT2D eigenvalue weighted by Gasteiger charge is 2.32. The molecular formula is C24H26F3N3O6. The molecule has 0 fully saturated rings. The van der Waals surface area contributed by atoms with Crippen molar-refractivity contribution in [3.05, 3.63) is 71.4 Å². The van der Waals surface area contributed by atoms with Gasteiger partial charge in [0.1, 0.15) is 11.7 Å². The van der Waals surface area contributed by atoms with E-state index in [-0.39, 0.29) is 31.0 Å².